The van der Waals surface area contributed by atoms with Crippen LogP contribution in [0.4, 0.5) is 14.5 Å². The van der Waals surface area contributed by atoms with Crippen molar-refractivity contribution >= 4 is 34.3 Å². The fourth-order valence-electron chi connectivity index (χ4n) is 3.47. The van der Waals surface area contributed by atoms with Gasteiger partial charge in [-0.25, -0.2) is 8.78 Å². The van der Waals surface area contributed by atoms with Gasteiger partial charge in [-0.1, -0.05) is 30.0 Å². The number of carbonyl (C=O) groups is 1. The second kappa shape index (κ2) is 8.80. The van der Waals surface area contributed by atoms with E-state index in [0.717, 1.165) is 16.3 Å². The number of halogens is 2. The molecule has 0 radical (unpaired) electrons. The van der Waals surface area contributed by atoms with E-state index in [2.05, 4.69) is 5.32 Å². The lowest BCUT2D eigenvalue weighted by Gasteiger charge is -2.07. The van der Waals surface area contributed by atoms with Crippen LogP contribution < -0.4 is 5.32 Å². The van der Waals surface area contributed by atoms with Gasteiger partial charge in [-0.05, 0) is 35.9 Å². The van der Waals surface area contributed by atoms with E-state index >= 15 is 0 Å². The molecule has 0 unspecified atom stereocenters. The van der Waals surface area contributed by atoms with Crippen LogP contribution in [0.15, 0.2) is 76.7 Å². The first-order chi connectivity index (χ1) is 15.4. The number of carbonyl (C=O) groups excluding carboxylic acids is 1. The molecule has 1 heterocycles. The molecule has 4 rings (SSSR count). The summed E-state index contributed by atoms with van der Waals surface area (Å²) in [5, 5.41) is 14.7. The number of hydrogen-bond donors (Lipinski definition) is 1. The SMILES string of the molecule is CNC(=O)c1ccc2c(Sc3ccccc3[N+](=O)[O-])cn(Cc3cc(F)cc(F)c3)c2c1. The van der Waals surface area contributed by atoms with Crippen molar-refractivity contribution in [3.05, 3.63) is 99.7 Å². The molecule has 9 heteroatoms. The first kappa shape index (κ1) is 21.5. The molecule has 0 atom stereocenters. The van der Waals surface area contributed by atoms with Crippen molar-refractivity contribution in [3.8, 4) is 0 Å². The van der Waals surface area contributed by atoms with Crippen LogP contribution in [0.2, 0.25) is 0 Å². The molecule has 0 aliphatic rings. The number of para-hydroxylation sites is 1. The lowest BCUT2D eigenvalue weighted by atomic mass is 10.1. The molecule has 32 heavy (non-hydrogen) atoms. The van der Waals surface area contributed by atoms with Gasteiger partial charge in [0.25, 0.3) is 11.6 Å². The highest BCUT2D eigenvalue weighted by Crippen LogP contribution is 2.39. The maximum absolute atomic E-state index is 13.7. The monoisotopic (exact) mass is 453 g/mol. The largest absolute Gasteiger partial charge is 0.355 e. The summed E-state index contributed by atoms with van der Waals surface area (Å²) < 4.78 is 29.2. The number of nitro groups is 1. The zero-order valence-electron chi connectivity index (χ0n) is 16.8. The van der Waals surface area contributed by atoms with Crippen molar-refractivity contribution in [1.29, 1.82) is 0 Å². The average Bonchev–Trinajstić information content (AvgIpc) is 3.09. The van der Waals surface area contributed by atoms with Crippen molar-refractivity contribution < 1.29 is 18.5 Å². The molecule has 1 amide bonds. The molecule has 162 valence electrons. The first-order valence-electron chi connectivity index (χ1n) is 9.57. The van der Waals surface area contributed by atoms with Gasteiger partial charge in [-0.15, -0.1) is 0 Å². The number of nitrogens with one attached hydrogen (secondary N) is 1. The Morgan fingerprint density at radius 1 is 1.06 bits per heavy atom. The van der Waals surface area contributed by atoms with Crippen molar-refractivity contribution in [3.63, 3.8) is 0 Å². The maximum Gasteiger partial charge on any atom is 0.283 e. The summed E-state index contributed by atoms with van der Waals surface area (Å²) in [5.74, 6) is -1.64. The van der Waals surface area contributed by atoms with E-state index in [4.69, 9.17) is 0 Å². The topological polar surface area (TPSA) is 77.2 Å². The van der Waals surface area contributed by atoms with Crippen LogP contribution in [-0.4, -0.2) is 22.4 Å². The Morgan fingerprint density at radius 3 is 2.47 bits per heavy atom. The van der Waals surface area contributed by atoms with Crippen LogP contribution in [0.5, 0.6) is 0 Å². The Balaban J connectivity index is 1.83. The highest BCUT2D eigenvalue weighted by molar-refractivity contribution is 7.99. The molecular weight excluding hydrogens is 436 g/mol. The van der Waals surface area contributed by atoms with E-state index in [9.17, 15) is 23.7 Å². The van der Waals surface area contributed by atoms with E-state index in [-0.39, 0.29) is 18.1 Å². The van der Waals surface area contributed by atoms with E-state index in [0.29, 0.717) is 21.5 Å². The van der Waals surface area contributed by atoms with Gasteiger partial charge >= 0.3 is 0 Å². The fourth-order valence-corrected chi connectivity index (χ4v) is 4.56. The number of rotatable bonds is 6. The molecule has 0 aliphatic carbocycles. The van der Waals surface area contributed by atoms with E-state index < -0.39 is 16.6 Å². The van der Waals surface area contributed by atoms with E-state index in [1.165, 1.54) is 37.0 Å². The molecule has 0 saturated heterocycles. The number of hydrogen-bond acceptors (Lipinski definition) is 4. The number of nitro benzene ring substituents is 1. The summed E-state index contributed by atoms with van der Waals surface area (Å²) >= 11 is 1.22. The van der Waals surface area contributed by atoms with Gasteiger partial charge < -0.3 is 9.88 Å². The van der Waals surface area contributed by atoms with Gasteiger partial charge in [0.05, 0.1) is 15.3 Å². The fraction of sp³-hybridized carbons (Fsp3) is 0.0870. The lowest BCUT2D eigenvalue weighted by Crippen LogP contribution is -2.17. The molecular formula is C23H17F2N3O3S. The van der Waals surface area contributed by atoms with Gasteiger partial charge in [0.15, 0.2) is 0 Å². The molecule has 6 nitrogen and oxygen atoms in total. The molecule has 0 saturated carbocycles. The molecule has 0 aliphatic heterocycles. The summed E-state index contributed by atoms with van der Waals surface area (Å²) in [7, 11) is 1.52. The Hall–Kier alpha value is -3.72. The zero-order chi connectivity index (χ0) is 22.8. The van der Waals surface area contributed by atoms with Crippen LogP contribution in [0, 0.1) is 21.7 Å². The van der Waals surface area contributed by atoms with Crippen LogP contribution in [0.3, 0.4) is 0 Å². The highest BCUT2D eigenvalue weighted by Gasteiger charge is 2.18. The quantitative estimate of drug-likeness (QED) is 0.314. The molecule has 0 fully saturated rings. The number of amides is 1. The predicted molar refractivity (Wildman–Crippen MR) is 118 cm³/mol. The number of fused-ring (bicyclic) bond motifs is 1. The van der Waals surface area contributed by atoms with Crippen LogP contribution in [0.1, 0.15) is 15.9 Å². The van der Waals surface area contributed by atoms with Gasteiger partial charge in [-0.2, -0.15) is 0 Å². The Labute approximate surface area is 186 Å². The number of benzene rings is 3. The third-order valence-electron chi connectivity index (χ3n) is 4.89. The van der Waals surface area contributed by atoms with Crippen LogP contribution in [-0.2, 0) is 6.54 Å². The molecule has 1 N–H and O–H groups in total. The van der Waals surface area contributed by atoms with Gasteiger partial charge in [0.1, 0.15) is 11.6 Å². The minimum absolute atomic E-state index is 0.0208. The highest BCUT2D eigenvalue weighted by atomic mass is 32.2. The molecule has 1 aromatic heterocycles. The van der Waals surface area contributed by atoms with Crippen molar-refractivity contribution in [1.82, 2.24) is 9.88 Å². The van der Waals surface area contributed by atoms with Crippen LogP contribution in [0.25, 0.3) is 10.9 Å². The van der Waals surface area contributed by atoms with Gasteiger partial charge in [0.2, 0.25) is 0 Å². The predicted octanol–water partition coefficient (Wildman–Crippen LogP) is 5.39. The minimum atomic E-state index is -0.683. The summed E-state index contributed by atoms with van der Waals surface area (Å²) in [6.45, 7) is 0.153. The lowest BCUT2D eigenvalue weighted by molar-refractivity contribution is -0.387. The normalized spacial score (nSPS) is 11.0. The first-order valence-corrected chi connectivity index (χ1v) is 10.4. The molecule has 4 aromatic rings. The molecule has 0 spiro atoms. The third kappa shape index (κ3) is 4.33. The summed E-state index contributed by atoms with van der Waals surface area (Å²) in [4.78, 5) is 24.3. The zero-order valence-corrected chi connectivity index (χ0v) is 17.7. The molecule has 0 bridgehead atoms. The maximum atomic E-state index is 13.7. The Kier molecular flexibility index (Phi) is 5.91. The van der Waals surface area contributed by atoms with E-state index in [1.807, 2.05) is 0 Å². The minimum Gasteiger partial charge on any atom is -0.355 e. The van der Waals surface area contributed by atoms with Crippen molar-refractivity contribution in [2.75, 3.05) is 7.05 Å². The smallest absolute Gasteiger partial charge is 0.283 e. The Bertz CT molecular complexity index is 1330. The third-order valence-corrected chi connectivity index (χ3v) is 6.00. The number of aromatic nitrogens is 1. The number of nitrogens with zero attached hydrogens (tertiary/aromatic N) is 2. The Morgan fingerprint density at radius 2 is 1.78 bits per heavy atom. The van der Waals surface area contributed by atoms with Crippen LogP contribution >= 0.6 is 11.8 Å². The summed E-state index contributed by atoms with van der Waals surface area (Å²) in [5.41, 5.74) is 1.48. The standard InChI is InChI=1S/C23H17F2N3O3S/c1-26-23(29)15-6-7-18-20(10-15)27(12-14-8-16(24)11-17(25)9-14)13-22(18)32-21-5-3-2-4-19(21)28(30)31/h2-11,13H,12H2,1H3,(H,26,29). The van der Waals surface area contributed by atoms with Gasteiger partial charge in [-0.3, -0.25) is 14.9 Å². The van der Waals surface area contributed by atoms with Gasteiger partial charge in [0, 0.05) is 47.8 Å². The van der Waals surface area contributed by atoms with E-state index in [1.54, 1.807) is 47.2 Å². The van der Waals surface area contributed by atoms with Crippen molar-refractivity contribution in [2.24, 2.45) is 0 Å². The summed E-state index contributed by atoms with van der Waals surface area (Å²) in [6.07, 6.45) is 1.77. The average molecular weight is 453 g/mol. The summed E-state index contributed by atoms with van der Waals surface area (Å²) in [6, 6.07) is 14.8. The molecule has 3 aromatic carbocycles. The second-order valence-corrected chi connectivity index (χ2v) is 8.12. The van der Waals surface area contributed by atoms with Crippen molar-refractivity contribution in [2.45, 2.75) is 16.3 Å². The second-order valence-electron chi connectivity index (χ2n) is 7.04.